The second kappa shape index (κ2) is 13.3. The quantitative estimate of drug-likeness (QED) is 0.170. The van der Waals surface area contributed by atoms with Crippen LogP contribution >= 0.6 is 11.3 Å². The molecule has 0 atom stereocenters. The summed E-state index contributed by atoms with van der Waals surface area (Å²) < 4.78 is 62.8. The fraction of sp³-hybridized carbons (Fsp3) is 0. The Bertz CT molecular complexity index is 3510. The average Bonchev–Trinajstić information content (AvgIpc) is 3.90. The zero-order valence-corrected chi connectivity index (χ0v) is 30.4. The molecule has 3 heterocycles. The Balaban J connectivity index is 1.15. The monoisotopic (exact) mass is 739 g/mol. The number of furan rings is 1. The standard InChI is InChI=1S/C51H31N3OS/c1-3-12-32(13-4-1)34-16-9-18-37(28-34)49-52-50(38-19-10-17-35(29-38)33-14-5-2-6-15-33)54-51(53-49)39-24-26-42-47(31-39)56-46-23-11-21-40(48(42)46)36-25-27-45-43(30-36)41-20-7-8-22-44(41)55-45/h1-31H/i11D,21D,23D,24D,26D,31D. The maximum Gasteiger partial charge on any atom is 0.164 e. The van der Waals surface area contributed by atoms with E-state index in [1.807, 2.05) is 152 Å². The van der Waals surface area contributed by atoms with Gasteiger partial charge in [0.05, 0.1) is 8.22 Å². The van der Waals surface area contributed by atoms with Crippen molar-refractivity contribution in [2.24, 2.45) is 0 Å². The van der Waals surface area contributed by atoms with E-state index in [0.717, 1.165) is 49.9 Å². The van der Waals surface area contributed by atoms with E-state index in [9.17, 15) is 5.48 Å². The van der Waals surface area contributed by atoms with Gasteiger partial charge in [0.1, 0.15) is 11.2 Å². The number of thiophene rings is 1. The number of rotatable bonds is 6. The second-order valence-electron chi connectivity index (χ2n) is 13.5. The van der Waals surface area contributed by atoms with Gasteiger partial charge in [0.25, 0.3) is 0 Å². The number of para-hydroxylation sites is 1. The van der Waals surface area contributed by atoms with Crippen molar-refractivity contribution < 1.29 is 12.6 Å². The molecule has 0 radical (unpaired) electrons. The van der Waals surface area contributed by atoms with Crippen molar-refractivity contribution in [1.82, 2.24) is 15.0 Å². The average molecular weight is 740 g/mol. The number of hydrogen-bond acceptors (Lipinski definition) is 5. The van der Waals surface area contributed by atoms with Crippen molar-refractivity contribution in [1.29, 1.82) is 0 Å². The van der Waals surface area contributed by atoms with Crippen LogP contribution in [0.1, 0.15) is 8.22 Å². The molecule has 0 aliphatic carbocycles. The molecule has 0 fully saturated rings. The van der Waals surface area contributed by atoms with Gasteiger partial charge in [0.2, 0.25) is 0 Å². The highest BCUT2D eigenvalue weighted by Gasteiger charge is 2.17. The maximum absolute atomic E-state index is 9.76. The van der Waals surface area contributed by atoms with Crippen molar-refractivity contribution in [2.45, 2.75) is 0 Å². The largest absolute Gasteiger partial charge is 0.456 e. The van der Waals surface area contributed by atoms with E-state index in [2.05, 4.69) is 0 Å². The van der Waals surface area contributed by atoms with Gasteiger partial charge in [0.15, 0.2) is 17.5 Å². The van der Waals surface area contributed by atoms with Crippen LogP contribution in [0.15, 0.2) is 192 Å². The van der Waals surface area contributed by atoms with Gasteiger partial charge in [-0.1, -0.05) is 145 Å². The number of hydrogen-bond donors (Lipinski definition) is 0. The maximum atomic E-state index is 9.76. The smallest absolute Gasteiger partial charge is 0.164 e. The van der Waals surface area contributed by atoms with Crippen LogP contribution in [-0.2, 0) is 0 Å². The minimum Gasteiger partial charge on any atom is -0.456 e. The third kappa shape index (κ3) is 5.65. The molecule has 11 aromatic rings. The van der Waals surface area contributed by atoms with Crippen molar-refractivity contribution in [2.75, 3.05) is 0 Å². The van der Waals surface area contributed by atoms with Crippen LogP contribution in [0.2, 0.25) is 0 Å². The summed E-state index contributed by atoms with van der Waals surface area (Å²) in [4.78, 5) is 14.9. The van der Waals surface area contributed by atoms with Crippen LogP contribution in [0.25, 0.3) is 110 Å². The molecular formula is C51H31N3OS. The molecule has 0 N–H and O–H groups in total. The SMILES string of the molecule is [2H]c1c([2H])c(-c2ccc3oc4ccccc4c3c2)c2c(sc3c([2H])c(-c4nc(-c5cccc(-c6ccccc6)c5)nc(-c5cccc(-c6ccccc6)c5)n4)c([2H])c([2H])c32)c1[2H]. The molecular weight excluding hydrogens is 703 g/mol. The Morgan fingerprint density at radius 3 is 1.70 bits per heavy atom. The zero-order valence-electron chi connectivity index (χ0n) is 35.6. The van der Waals surface area contributed by atoms with E-state index in [4.69, 9.17) is 22.1 Å². The molecule has 0 spiro atoms. The number of fused-ring (bicyclic) bond motifs is 6. The fourth-order valence-corrected chi connectivity index (χ4v) is 8.36. The Labute approximate surface area is 335 Å². The molecule has 4 nitrogen and oxygen atoms in total. The minimum absolute atomic E-state index is 0.0499. The van der Waals surface area contributed by atoms with Gasteiger partial charge in [-0.25, -0.2) is 15.0 Å². The van der Waals surface area contributed by atoms with Gasteiger partial charge in [-0.2, -0.15) is 0 Å². The molecule has 0 amide bonds. The Kier molecular flexibility index (Phi) is 6.29. The molecule has 0 bridgehead atoms. The van der Waals surface area contributed by atoms with Gasteiger partial charge >= 0.3 is 0 Å². The van der Waals surface area contributed by atoms with Crippen LogP contribution in [0.4, 0.5) is 0 Å². The molecule has 262 valence electrons. The van der Waals surface area contributed by atoms with Crippen LogP contribution < -0.4 is 0 Å². The van der Waals surface area contributed by atoms with E-state index >= 15 is 0 Å². The molecule has 5 heteroatoms. The molecule has 0 aliphatic rings. The van der Waals surface area contributed by atoms with E-state index in [-0.39, 0.29) is 53.0 Å². The highest BCUT2D eigenvalue weighted by molar-refractivity contribution is 7.26. The summed E-state index contributed by atoms with van der Waals surface area (Å²) in [5, 5.41) is 2.40. The third-order valence-electron chi connectivity index (χ3n) is 10.1. The van der Waals surface area contributed by atoms with E-state index in [1.54, 1.807) is 0 Å². The highest BCUT2D eigenvalue weighted by Crippen LogP contribution is 2.43. The highest BCUT2D eigenvalue weighted by atomic mass is 32.1. The third-order valence-corrected chi connectivity index (χ3v) is 11.1. The van der Waals surface area contributed by atoms with Crippen molar-refractivity contribution in [3.63, 3.8) is 0 Å². The van der Waals surface area contributed by atoms with E-state index < -0.39 is 0 Å². The van der Waals surface area contributed by atoms with Gasteiger partial charge in [0, 0.05) is 47.6 Å². The first-order chi connectivity index (χ1) is 30.2. The molecule has 0 unspecified atom stereocenters. The van der Waals surface area contributed by atoms with E-state index in [0.29, 0.717) is 54.3 Å². The predicted octanol–water partition coefficient (Wildman–Crippen LogP) is 14.1. The summed E-state index contributed by atoms with van der Waals surface area (Å²) >= 11 is 1.12. The first-order valence-electron chi connectivity index (χ1n) is 21.2. The summed E-state index contributed by atoms with van der Waals surface area (Å²) in [5.74, 6) is 0.740. The lowest BCUT2D eigenvalue weighted by molar-refractivity contribution is 0.669. The molecule has 0 saturated carbocycles. The summed E-state index contributed by atoms with van der Waals surface area (Å²) in [7, 11) is 0. The Morgan fingerprint density at radius 1 is 0.411 bits per heavy atom. The summed E-state index contributed by atoms with van der Waals surface area (Å²) in [6.07, 6.45) is 0. The minimum atomic E-state index is -0.267. The zero-order chi connectivity index (χ0) is 42.2. The van der Waals surface area contributed by atoms with Crippen LogP contribution in [0.3, 0.4) is 0 Å². The van der Waals surface area contributed by atoms with Gasteiger partial charge in [-0.3, -0.25) is 0 Å². The topological polar surface area (TPSA) is 51.8 Å². The normalized spacial score (nSPS) is 13.1. The molecule has 11 rings (SSSR count). The Hall–Kier alpha value is -7.21. The first kappa shape index (κ1) is 26.5. The van der Waals surface area contributed by atoms with Gasteiger partial charge in [-0.05, 0) is 75.8 Å². The number of aromatic nitrogens is 3. The summed E-state index contributed by atoms with van der Waals surface area (Å²) in [6, 6.07) is 47.9. The molecule has 3 aromatic heterocycles. The lowest BCUT2D eigenvalue weighted by Crippen LogP contribution is -2.00. The van der Waals surface area contributed by atoms with Crippen molar-refractivity contribution in [3.8, 4) is 67.5 Å². The lowest BCUT2D eigenvalue weighted by Gasteiger charge is -2.11. The molecule has 0 aliphatic heterocycles. The Morgan fingerprint density at radius 2 is 1.00 bits per heavy atom. The molecule has 8 aromatic carbocycles. The molecule has 56 heavy (non-hydrogen) atoms. The van der Waals surface area contributed by atoms with Crippen LogP contribution in [0.5, 0.6) is 0 Å². The van der Waals surface area contributed by atoms with Gasteiger partial charge < -0.3 is 4.42 Å². The summed E-state index contributed by atoms with van der Waals surface area (Å²) in [5.41, 5.74) is 7.79. The molecule has 0 saturated heterocycles. The lowest BCUT2D eigenvalue weighted by atomic mass is 9.97. The number of nitrogens with zero attached hydrogens (tertiary/aromatic N) is 3. The second-order valence-corrected chi connectivity index (χ2v) is 14.5. The number of benzene rings is 8. The van der Waals surface area contributed by atoms with E-state index in [1.165, 1.54) is 0 Å². The fourth-order valence-electron chi connectivity index (χ4n) is 7.34. The predicted molar refractivity (Wildman–Crippen MR) is 233 cm³/mol. The van der Waals surface area contributed by atoms with Crippen molar-refractivity contribution in [3.05, 3.63) is 188 Å². The summed E-state index contributed by atoms with van der Waals surface area (Å²) in [6.45, 7) is 0. The first-order valence-corrected chi connectivity index (χ1v) is 19.0. The van der Waals surface area contributed by atoms with Crippen LogP contribution in [-0.4, -0.2) is 15.0 Å². The van der Waals surface area contributed by atoms with Crippen LogP contribution in [0, 0.1) is 0 Å². The van der Waals surface area contributed by atoms with Gasteiger partial charge in [-0.15, -0.1) is 11.3 Å². The van der Waals surface area contributed by atoms with Crippen molar-refractivity contribution >= 4 is 53.4 Å².